The number of aromatic nitrogens is 3. The highest BCUT2D eigenvalue weighted by Gasteiger charge is 2.18. The Balaban J connectivity index is 1.22. The maximum atomic E-state index is 5.02. The molecule has 0 unspecified atom stereocenters. The molecule has 0 radical (unpaired) electrons. The first-order valence-corrected chi connectivity index (χ1v) is 17.4. The third kappa shape index (κ3) is 3.86. The Morgan fingerprint density at radius 1 is 0.388 bits per heavy atom. The average molecular weight is 642 g/mol. The van der Waals surface area contributed by atoms with Gasteiger partial charge in [0.25, 0.3) is 0 Å². The van der Waals surface area contributed by atoms with E-state index in [4.69, 9.17) is 4.98 Å². The smallest absolute Gasteiger partial charge is 0.0722 e. The van der Waals surface area contributed by atoms with E-state index in [1.165, 1.54) is 69.2 Å². The molecule has 4 aromatic heterocycles. The number of hydrogen-bond acceptors (Lipinski definition) is 2. The quantitative estimate of drug-likeness (QED) is 0.188. The van der Waals surface area contributed by atoms with Crippen LogP contribution in [-0.4, -0.2) is 14.1 Å². The van der Waals surface area contributed by atoms with Gasteiger partial charge in [-0.25, -0.2) is 0 Å². The molecular weight excluding hydrogens is 615 g/mol. The summed E-state index contributed by atoms with van der Waals surface area (Å²) < 4.78 is 7.44. The molecule has 3 nitrogen and oxygen atoms in total. The molecule has 0 fully saturated rings. The highest BCUT2D eigenvalue weighted by Crippen LogP contribution is 2.40. The zero-order valence-electron chi connectivity index (χ0n) is 26.3. The molecule has 0 aliphatic rings. The van der Waals surface area contributed by atoms with Crippen molar-refractivity contribution < 1.29 is 0 Å². The molecule has 0 saturated carbocycles. The zero-order chi connectivity index (χ0) is 32.1. The minimum Gasteiger partial charge on any atom is -0.309 e. The van der Waals surface area contributed by atoms with Gasteiger partial charge >= 0.3 is 0 Å². The van der Waals surface area contributed by atoms with E-state index in [-0.39, 0.29) is 0 Å². The Morgan fingerprint density at radius 2 is 0.878 bits per heavy atom. The van der Waals surface area contributed by atoms with Crippen LogP contribution in [0.1, 0.15) is 0 Å². The van der Waals surface area contributed by atoms with Gasteiger partial charge in [-0.3, -0.25) is 4.98 Å². The molecule has 0 aliphatic carbocycles. The van der Waals surface area contributed by atoms with Crippen molar-refractivity contribution in [1.29, 1.82) is 0 Å². The van der Waals surface area contributed by atoms with Gasteiger partial charge in [0.1, 0.15) is 0 Å². The lowest BCUT2D eigenvalue weighted by molar-refractivity contribution is 1.13. The maximum absolute atomic E-state index is 5.02. The third-order valence-corrected chi connectivity index (χ3v) is 11.3. The minimum atomic E-state index is 1.01. The summed E-state index contributed by atoms with van der Waals surface area (Å²) >= 11 is 1.85. The topological polar surface area (TPSA) is 22.8 Å². The van der Waals surface area contributed by atoms with Gasteiger partial charge in [0.15, 0.2) is 0 Å². The molecule has 0 saturated heterocycles. The van der Waals surface area contributed by atoms with Crippen molar-refractivity contribution in [1.82, 2.24) is 14.1 Å². The second kappa shape index (κ2) is 10.1. The van der Waals surface area contributed by atoms with Crippen molar-refractivity contribution in [3.63, 3.8) is 0 Å². The SMILES string of the molecule is c1ccc2c(c1)sc1c3ccc(-c4cc(-n5c6ccccc6c6ccccc65)cc(-n5c6ccccc6c6ccccc65)c4)cc3ncc21. The van der Waals surface area contributed by atoms with Gasteiger partial charge in [-0.05, 0) is 65.7 Å². The summed E-state index contributed by atoms with van der Waals surface area (Å²) in [4.78, 5) is 5.02. The normalized spacial score (nSPS) is 12.1. The van der Waals surface area contributed by atoms with Gasteiger partial charge in [-0.15, -0.1) is 11.3 Å². The molecule has 7 aromatic carbocycles. The van der Waals surface area contributed by atoms with Gasteiger partial charge in [0.05, 0.1) is 27.6 Å². The van der Waals surface area contributed by atoms with Crippen LogP contribution in [0.2, 0.25) is 0 Å². The van der Waals surface area contributed by atoms with Crippen LogP contribution < -0.4 is 0 Å². The summed E-state index contributed by atoms with van der Waals surface area (Å²) in [5.74, 6) is 0. The second-order valence-corrected chi connectivity index (χ2v) is 13.9. The molecule has 11 rings (SSSR count). The number of nitrogens with zero attached hydrogens (tertiary/aromatic N) is 3. The van der Waals surface area contributed by atoms with Crippen molar-refractivity contribution >= 4 is 86.0 Å². The van der Waals surface area contributed by atoms with Crippen LogP contribution in [0.25, 0.3) is 97.2 Å². The van der Waals surface area contributed by atoms with Crippen molar-refractivity contribution in [3.05, 3.63) is 164 Å². The van der Waals surface area contributed by atoms with Crippen LogP contribution in [-0.2, 0) is 0 Å². The lowest BCUT2D eigenvalue weighted by atomic mass is 10.0. The van der Waals surface area contributed by atoms with Crippen molar-refractivity contribution in [3.8, 4) is 22.5 Å². The van der Waals surface area contributed by atoms with E-state index < -0.39 is 0 Å². The fourth-order valence-electron chi connectivity index (χ4n) is 7.96. The Kier molecular flexibility index (Phi) is 5.54. The van der Waals surface area contributed by atoms with Gasteiger partial charge < -0.3 is 9.13 Å². The molecule has 0 N–H and O–H groups in total. The van der Waals surface area contributed by atoms with Crippen molar-refractivity contribution in [2.24, 2.45) is 0 Å². The number of benzene rings is 7. The number of pyridine rings is 1. The maximum Gasteiger partial charge on any atom is 0.0722 e. The van der Waals surface area contributed by atoms with E-state index in [1.807, 2.05) is 11.3 Å². The lowest BCUT2D eigenvalue weighted by Crippen LogP contribution is -2.00. The van der Waals surface area contributed by atoms with Crippen LogP contribution in [0.4, 0.5) is 0 Å². The monoisotopic (exact) mass is 641 g/mol. The third-order valence-electron chi connectivity index (χ3n) is 10.1. The lowest BCUT2D eigenvalue weighted by Gasteiger charge is -2.16. The second-order valence-electron chi connectivity index (χ2n) is 12.8. The van der Waals surface area contributed by atoms with E-state index in [1.54, 1.807) is 0 Å². The molecule has 0 atom stereocenters. The number of fused-ring (bicyclic) bond motifs is 11. The molecule has 11 aromatic rings. The summed E-state index contributed by atoms with van der Waals surface area (Å²) in [5, 5.41) is 8.71. The predicted octanol–water partition coefficient (Wildman–Crippen LogP) is 12.5. The summed E-state index contributed by atoms with van der Waals surface area (Å²) in [5.41, 5.74) is 10.3. The fraction of sp³-hybridized carbons (Fsp3) is 0. The Bertz CT molecular complexity index is 2880. The van der Waals surface area contributed by atoms with Crippen LogP contribution >= 0.6 is 11.3 Å². The number of thiophene rings is 1. The van der Waals surface area contributed by atoms with E-state index in [2.05, 4.69) is 173 Å². The largest absolute Gasteiger partial charge is 0.309 e. The minimum absolute atomic E-state index is 1.01. The Labute approximate surface area is 285 Å². The molecular formula is C45H27N3S. The van der Waals surface area contributed by atoms with Gasteiger partial charge in [0, 0.05) is 64.7 Å². The summed E-state index contributed by atoms with van der Waals surface area (Å²) in [7, 11) is 0. The van der Waals surface area contributed by atoms with Crippen LogP contribution in [0.5, 0.6) is 0 Å². The molecule has 0 amide bonds. The van der Waals surface area contributed by atoms with Crippen LogP contribution in [0.15, 0.2) is 164 Å². The van der Waals surface area contributed by atoms with Crippen LogP contribution in [0, 0.1) is 0 Å². The molecule has 0 aliphatic heterocycles. The molecule has 228 valence electrons. The fourth-order valence-corrected chi connectivity index (χ4v) is 9.17. The average Bonchev–Trinajstić information content (AvgIpc) is 3.82. The van der Waals surface area contributed by atoms with E-state index >= 15 is 0 Å². The summed E-state index contributed by atoms with van der Waals surface area (Å²) in [6.45, 7) is 0. The first kappa shape index (κ1) is 26.8. The highest BCUT2D eigenvalue weighted by molar-refractivity contribution is 7.26. The molecule has 0 bridgehead atoms. The highest BCUT2D eigenvalue weighted by atomic mass is 32.1. The Hall–Kier alpha value is -6.23. The zero-order valence-corrected chi connectivity index (χ0v) is 27.2. The first-order chi connectivity index (χ1) is 24.3. The van der Waals surface area contributed by atoms with E-state index in [9.17, 15) is 0 Å². The predicted molar refractivity (Wildman–Crippen MR) is 209 cm³/mol. The molecule has 0 spiro atoms. The number of para-hydroxylation sites is 4. The Morgan fingerprint density at radius 3 is 1.43 bits per heavy atom. The van der Waals surface area contributed by atoms with Gasteiger partial charge in [0.2, 0.25) is 0 Å². The van der Waals surface area contributed by atoms with Gasteiger partial charge in [-0.1, -0.05) is 103 Å². The molecule has 4 heterocycles. The van der Waals surface area contributed by atoms with E-state index in [0.29, 0.717) is 0 Å². The molecule has 49 heavy (non-hydrogen) atoms. The summed E-state index contributed by atoms with van der Waals surface area (Å²) in [6.07, 6.45) is 2.05. The van der Waals surface area contributed by atoms with Crippen molar-refractivity contribution in [2.45, 2.75) is 0 Å². The van der Waals surface area contributed by atoms with Crippen LogP contribution in [0.3, 0.4) is 0 Å². The van der Waals surface area contributed by atoms with E-state index in [0.717, 1.165) is 28.0 Å². The number of rotatable bonds is 3. The number of hydrogen-bond donors (Lipinski definition) is 0. The van der Waals surface area contributed by atoms with Crippen molar-refractivity contribution in [2.75, 3.05) is 0 Å². The summed E-state index contributed by atoms with van der Waals surface area (Å²) in [6, 6.07) is 57.4. The molecule has 4 heteroatoms. The standard InChI is InChI=1S/C45H27N3S/c1-6-16-40-32(11-1)33-12-2-7-17-41(33)47(40)30-23-29(24-31(26-30)48-42-18-8-3-13-34(42)35-14-4-9-19-43(35)48)28-21-22-37-39(25-28)46-27-38-36-15-5-10-20-44(36)49-45(37)38/h1-27H. The van der Waals surface area contributed by atoms with Gasteiger partial charge in [-0.2, -0.15) is 0 Å². The first-order valence-electron chi connectivity index (χ1n) is 16.6.